The fraction of sp³-hybridized carbons (Fsp3) is 0.167. The van der Waals surface area contributed by atoms with E-state index in [2.05, 4.69) is 25.9 Å². The van der Waals surface area contributed by atoms with Gasteiger partial charge in [-0.05, 0) is 34.5 Å². The van der Waals surface area contributed by atoms with Crippen LogP contribution in [-0.4, -0.2) is 9.97 Å². The summed E-state index contributed by atoms with van der Waals surface area (Å²) in [6, 6.07) is 6.67. The fourth-order valence-electron chi connectivity index (χ4n) is 1.43. The topological polar surface area (TPSA) is 51.8 Å². The fourth-order valence-corrected chi connectivity index (χ4v) is 2.93. The molecule has 1 aromatic heterocycles. The summed E-state index contributed by atoms with van der Waals surface area (Å²) in [5.74, 6) is 0.766. The molecule has 1 aromatic carbocycles. The minimum Gasteiger partial charge on any atom is -0.384 e. The van der Waals surface area contributed by atoms with E-state index in [1.54, 1.807) is 12.1 Å². The molecule has 2 rings (SSSR count). The summed E-state index contributed by atoms with van der Waals surface area (Å²) >= 11 is 4.65. The molecule has 3 nitrogen and oxygen atoms in total. The van der Waals surface area contributed by atoms with Gasteiger partial charge in [0.1, 0.15) is 11.6 Å². The lowest BCUT2D eigenvalue weighted by Crippen LogP contribution is -1.97. The first-order valence-electron chi connectivity index (χ1n) is 5.23. The third-order valence-electron chi connectivity index (χ3n) is 2.24. The SMILES string of the molecule is Cc1cc(N)nc(SCc2cccc(F)c2Br)n1. The molecule has 0 aliphatic heterocycles. The number of aryl methyl sites for hydroxylation is 1. The second-order valence-corrected chi connectivity index (χ2v) is 5.45. The summed E-state index contributed by atoms with van der Waals surface area (Å²) in [6.45, 7) is 1.86. The summed E-state index contributed by atoms with van der Waals surface area (Å²) in [5.41, 5.74) is 7.34. The number of hydrogen-bond acceptors (Lipinski definition) is 4. The highest BCUT2D eigenvalue weighted by atomic mass is 79.9. The Labute approximate surface area is 117 Å². The zero-order chi connectivity index (χ0) is 13.1. The van der Waals surface area contributed by atoms with Gasteiger partial charge in [0.15, 0.2) is 5.16 Å². The van der Waals surface area contributed by atoms with Crippen molar-refractivity contribution < 1.29 is 4.39 Å². The molecule has 1 heterocycles. The van der Waals surface area contributed by atoms with Crippen LogP contribution in [0.4, 0.5) is 10.2 Å². The lowest BCUT2D eigenvalue weighted by Gasteiger charge is -2.05. The molecule has 2 aromatic rings. The Morgan fingerprint density at radius 2 is 2.17 bits per heavy atom. The van der Waals surface area contributed by atoms with Crippen molar-refractivity contribution in [3.8, 4) is 0 Å². The van der Waals surface area contributed by atoms with Crippen LogP contribution in [0.25, 0.3) is 0 Å². The van der Waals surface area contributed by atoms with Crippen molar-refractivity contribution in [3.05, 3.63) is 45.8 Å². The summed E-state index contributed by atoms with van der Waals surface area (Å²) < 4.78 is 13.8. The minimum atomic E-state index is -0.266. The number of nitrogens with zero attached hydrogens (tertiary/aromatic N) is 2. The quantitative estimate of drug-likeness (QED) is 0.691. The van der Waals surface area contributed by atoms with Crippen LogP contribution in [-0.2, 0) is 5.75 Å². The zero-order valence-electron chi connectivity index (χ0n) is 9.65. The van der Waals surface area contributed by atoms with Crippen LogP contribution in [0.3, 0.4) is 0 Å². The lowest BCUT2D eigenvalue weighted by atomic mass is 10.2. The van der Waals surface area contributed by atoms with Crippen LogP contribution >= 0.6 is 27.7 Å². The Morgan fingerprint density at radius 1 is 1.39 bits per heavy atom. The molecule has 0 saturated carbocycles. The molecule has 94 valence electrons. The van der Waals surface area contributed by atoms with Gasteiger partial charge >= 0.3 is 0 Å². The number of hydrogen-bond donors (Lipinski definition) is 1. The third-order valence-corrected chi connectivity index (χ3v) is 4.03. The van der Waals surface area contributed by atoms with Gasteiger partial charge in [-0.2, -0.15) is 0 Å². The van der Waals surface area contributed by atoms with E-state index >= 15 is 0 Å². The average Bonchev–Trinajstić information content (AvgIpc) is 2.30. The lowest BCUT2D eigenvalue weighted by molar-refractivity contribution is 0.619. The second-order valence-electron chi connectivity index (χ2n) is 3.72. The van der Waals surface area contributed by atoms with Gasteiger partial charge in [-0.15, -0.1) is 0 Å². The van der Waals surface area contributed by atoms with Gasteiger partial charge in [-0.1, -0.05) is 23.9 Å². The van der Waals surface area contributed by atoms with E-state index in [1.165, 1.54) is 17.8 Å². The van der Waals surface area contributed by atoms with Crippen molar-refractivity contribution in [2.24, 2.45) is 0 Å². The Morgan fingerprint density at radius 3 is 2.89 bits per heavy atom. The van der Waals surface area contributed by atoms with Gasteiger partial charge in [-0.25, -0.2) is 14.4 Å². The molecule has 0 aliphatic rings. The number of anilines is 1. The number of nitrogen functional groups attached to an aromatic ring is 1. The van der Waals surface area contributed by atoms with Gasteiger partial charge < -0.3 is 5.73 Å². The van der Waals surface area contributed by atoms with E-state index in [9.17, 15) is 4.39 Å². The van der Waals surface area contributed by atoms with Crippen LogP contribution in [0.5, 0.6) is 0 Å². The van der Waals surface area contributed by atoms with E-state index in [4.69, 9.17) is 5.73 Å². The first-order valence-corrected chi connectivity index (χ1v) is 7.01. The number of benzene rings is 1. The maximum atomic E-state index is 13.3. The maximum Gasteiger partial charge on any atom is 0.190 e. The summed E-state index contributed by atoms with van der Waals surface area (Å²) in [7, 11) is 0. The van der Waals surface area contributed by atoms with Gasteiger partial charge in [0.05, 0.1) is 4.47 Å². The van der Waals surface area contributed by atoms with Crippen LogP contribution in [0.2, 0.25) is 0 Å². The molecule has 0 bridgehead atoms. The molecule has 0 amide bonds. The molecule has 0 spiro atoms. The van der Waals surface area contributed by atoms with Crippen molar-refractivity contribution in [2.45, 2.75) is 17.8 Å². The Balaban J connectivity index is 2.14. The molecule has 0 atom stereocenters. The Kier molecular flexibility index (Phi) is 4.19. The third kappa shape index (κ3) is 3.20. The predicted molar refractivity (Wildman–Crippen MR) is 74.8 cm³/mol. The van der Waals surface area contributed by atoms with Crippen molar-refractivity contribution in [1.29, 1.82) is 0 Å². The number of thioether (sulfide) groups is 1. The molecular formula is C12H11BrFN3S. The maximum absolute atomic E-state index is 13.3. The van der Waals surface area contributed by atoms with Crippen LogP contribution in [0.15, 0.2) is 33.9 Å². The summed E-state index contributed by atoms with van der Waals surface area (Å²) in [4.78, 5) is 8.39. The molecule has 2 N–H and O–H groups in total. The first-order chi connectivity index (χ1) is 8.56. The smallest absolute Gasteiger partial charge is 0.190 e. The van der Waals surface area contributed by atoms with Crippen molar-refractivity contribution in [2.75, 3.05) is 5.73 Å². The molecule has 18 heavy (non-hydrogen) atoms. The Bertz CT molecular complexity index is 557. The Hall–Kier alpha value is -1.14. The van der Waals surface area contributed by atoms with Crippen LogP contribution < -0.4 is 5.73 Å². The van der Waals surface area contributed by atoms with E-state index in [-0.39, 0.29) is 5.82 Å². The van der Waals surface area contributed by atoms with Crippen molar-refractivity contribution >= 4 is 33.5 Å². The van der Waals surface area contributed by atoms with Gasteiger partial charge in [0.25, 0.3) is 0 Å². The van der Waals surface area contributed by atoms with Crippen LogP contribution in [0.1, 0.15) is 11.3 Å². The number of halogens is 2. The molecule has 0 aliphatic carbocycles. The van der Waals surface area contributed by atoms with Crippen LogP contribution in [0, 0.1) is 12.7 Å². The average molecular weight is 328 g/mol. The highest BCUT2D eigenvalue weighted by molar-refractivity contribution is 9.10. The van der Waals surface area contributed by atoms with Gasteiger partial charge in [-0.3, -0.25) is 0 Å². The molecule has 0 fully saturated rings. The first kappa shape index (κ1) is 13.3. The van der Waals surface area contributed by atoms with Crippen molar-refractivity contribution in [1.82, 2.24) is 9.97 Å². The van der Waals surface area contributed by atoms with E-state index in [0.29, 0.717) is 21.2 Å². The monoisotopic (exact) mass is 327 g/mol. The largest absolute Gasteiger partial charge is 0.384 e. The number of rotatable bonds is 3. The second kappa shape index (κ2) is 5.67. The predicted octanol–water partition coefficient (Wildman–Crippen LogP) is 3.56. The summed E-state index contributed by atoms with van der Waals surface area (Å²) in [5, 5.41) is 0.601. The minimum absolute atomic E-state index is 0.266. The zero-order valence-corrected chi connectivity index (χ0v) is 12.1. The van der Waals surface area contributed by atoms with E-state index in [1.807, 2.05) is 13.0 Å². The normalized spacial score (nSPS) is 10.6. The summed E-state index contributed by atoms with van der Waals surface area (Å²) in [6.07, 6.45) is 0. The standard InChI is InChI=1S/C12H11BrFN3S/c1-7-5-10(15)17-12(16-7)18-6-8-3-2-4-9(14)11(8)13/h2-5H,6H2,1H3,(H2,15,16,17). The van der Waals surface area contributed by atoms with E-state index < -0.39 is 0 Å². The molecule has 0 unspecified atom stereocenters. The molecule has 0 saturated heterocycles. The number of nitrogens with two attached hydrogens (primary N) is 1. The number of aromatic nitrogens is 2. The van der Waals surface area contributed by atoms with Crippen molar-refractivity contribution in [3.63, 3.8) is 0 Å². The molecule has 0 radical (unpaired) electrons. The van der Waals surface area contributed by atoms with Gasteiger partial charge in [0, 0.05) is 17.5 Å². The highest BCUT2D eigenvalue weighted by Crippen LogP contribution is 2.27. The molecular weight excluding hydrogens is 317 g/mol. The highest BCUT2D eigenvalue weighted by Gasteiger charge is 2.07. The van der Waals surface area contributed by atoms with E-state index in [0.717, 1.165) is 11.3 Å². The van der Waals surface area contributed by atoms with Gasteiger partial charge in [0.2, 0.25) is 0 Å². The molecule has 6 heteroatoms.